The van der Waals surface area contributed by atoms with Crippen molar-refractivity contribution in [3.05, 3.63) is 17.5 Å². The summed E-state index contributed by atoms with van der Waals surface area (Å²) in [5.41, 5.74) is 0. The number of carbonyl (C=O) groups is 1. The Morgan fingerprint density at radius 3 is 2.75 bits per heavy atom. The van der Waals surface area contributed by atoms with Gasteiger partial charge in [0, 0.05) is 24.9 Å². The molecule has 110 valence electrons. The maximum absolute atomic E-state index is 12.7. The molecule has 1 saturated carbocycles. The summed E-state index contributed by atoms with van der Waals surface area (Å²) in [6.07, 6.45) is 5.15. The molecule has 2 unspecified atom stereocenters. The highest BCUT2D eigenvalue weighted by Crippen LogP contribution is 2.36. The average molecular weight is 313 g/mol. The average Bonchev–Trinajstić information content (AvgIpc) is 3.11. The van der Waals surface area contributed by atoms with Crippen LogP contribution in [0, 0.1) is 5.92 Å². The van der Waals surface area contributed by atoms with E-state index < -0.39 is 10.0 Å². The van der Waals surface area contributed by atoms with Crippen molar-refractivity contribution in [1.82, 2.24) is 4.31 Å². The second-order valence-corrected chi connectivity index (χ2v) is 8.64. The topological polar surface area (TPSA) is 54.5 Å². The molecule has 1 aliphatic carbocycles. The van der Waals surface area contributed by atoms with Crippen LogP contribution in [0.1, 0.15) is 38.5 Å². The van der Waals surface area contributed by atoms with Crippen LogP contribution in [-0.4, -0.2) is 31.1 Å². The van der Waals surface area contributed by atoms with Gasteiger partial charge in [0.15, 0.2) is 0 Å². The van der Waals surface area contributed by atoms with Crippen LogP contribution in [0.4, 0.5) is 0 Å². The first-order valence-corrected chi connectivity index (χ1v) is 9.51. The largest absolute Gasteiger partial charge is 0.299 e. The number of thiophene rings is 1. The van der Waals surface area contributed by atoms with E-state index >= 15 is 0 Å². The van der Waals surface area contributed by atoms with Gasteiger partial charge in [0.2, 0.25) is 0 Å². The third kappa shape index (κ3) is 2.44. The summed E-state index contributed by atoms with van der Waals surface area (Å²) >= 11 is 1.25. The van der Waals surface area contributed by atoms with Gasteiger partial charge in [0.05, 0.1) is 0 Å². The van der Waals surface area contributed by atoms with Crippen molar-refractivity contribution in [3.8, 4) is 0 Å². The van der Waals surface area contributed by atoms with E-state index in [-0.39, 0.29) is 17.7 Å². The summed E-state index contributed by atoms with van der Waals surface area (Å²) in [4.78, 5) is 12.1. The van der Waals surface area contributed by atoms with Gasteiger partial charge < -0.3 is 0 Å². The predicted octanol–water partition coefficient (Wildman–Crippen LogP) is 2.66. The lowest BCUT2D eigenvalue weighted by molar-refractivity contribution is -0.126. The van der Waals surface area contributed by atoms with E-state index in [0.717, 1.165) is 32.1 Å². The normalized spacial score (nSPS) is 28.9. The van der Waals surface area contributed by atoms with Crippen LogP contribution in [0.2, 0.25) is 0 Å². The fraction of sp³-hybridized carbons (Fsp3) is 0.643. The number of carbonyl (C=O) groups excluding carboxylic acids is 1. The number of nitrogens with zero attached hydrogens (tertiary/aromatic N) is 1. The standard InChI is InChI=1S/C14H19NO3S2/c16-13-7-2-1-5-11(13)12-6-3-9-15(12)20(17,18)14-8-4-10-19-14/h4,8,10-12H,1-3,5-7,9H2. The van der Waals surface area contributed by atoms with Crippen LogP contribution in [-0.2, 0) is 14.8 Å². The number of ketones is 1. The Balaban J connectivity index is 1.87. The molecule has 3 rings (SSSR count). The summed E-state index contributed by atoms with van der Waals surface area (Å²) in [6.45, 7) is 0.550. The van der Waals surface area contributed by atoms with Gasteiger partial charge in [-0.2, -0.15) is 4.31 Å². The Kier molecular flexibility index (Phi) is 3.97. The van der Waals surface area contributed by atoms with Gasteiger partial charge >= 0.3 is 0 Å². The van der Waals surface area contributed by atoms with Gasteiger partial charge in [-0.3, -0.25) is 4.79 Å². The van der Waals surface area contributed by atoms with E-state index in [4.69, 9.17) is 0 Å². The monoisotopic (exact) mass is 313 g/mol. The number of sulfonamides is 1. The fourth-order valence-corrected chi connectivity index (χ4v) is 6.26. The molecule has 1 saturated heterocycles. The summed E-state index contributed by atoms with van der Waals surface area (Å²) in [6, 6.07) is 3.29. The molecule has 20 heavy (non-hydrogen) atoms. The van der Waals surface area contributed by atoms with Gasteiger partial charge in [-0.1, -0.05) is 12.5 Å². The maximum atomic E-state index is 12.7. The van der Waals surface area contributed by atoms with Crippen LogP contribution < -0.4 is 0 Å². The first-order valence-electron chi connectivity index (χ1n) is 7.19. The Hall–Kier alpha value is -0.720. The molecule has 2 aliphatic rings. The first kappa shape index (κ1) is 14.2. The molecular formula is C14H19NO3S2. The molecule has 4 nitrogen and oxygen atoms in total. The van der Waals surface area contributed by atoms with Gasteiger partial charge in [0.25, 0.3) is 10.0 Å². The van der Waals surface area contributed by atoms with E-state index in [2.05, 4.69) is 0 Å². The van der Waals surface area contributed by atoms with Gasteiger partial charge in [0.1, 0.15) is 9.99 Å². The lowest BCUT2D eigenvalue weighted by Crippen LogP contribution is -2.43. The van der Waals surface area contributed by atoms with Crippen molar-refractivity contribution < 1.29 is 13.2 Å². The van der Waals surface area contributed by atoms with Crippen molar-refractivity contribution in [2.24, 2.45) is 5.92 Å². The Morgan fingerprint density at radius 2 is 2.05 bits per heavy atom. The van der Waals surface area contributed by atoms with E-state index in [1.807, 2.05) is 0 Å². The lowest BCUT2D eigenvalue weighted by Gasteiger charge is -2.32. The lowest BCUT2D eigenvalue weighted by atomic mass is 9.82. The number of hydrogen-bond donors (Lipinski definition) is 0. The maximum Gasteiger partial charge on any atom is 0.252 e. The molecule has 6 heteroatoms. The zero-order chi connectivity index (χ0) is 14.2. The quantitative estimate of drug-likeness (QED) is 0.862. The molecule has 2 heterocycles. The molecule has 0 spiro atoms. The van der Waals surface area contributed by atoms with Crippen molar-refractivity contribution in [2.45, 2.75) is 48.8 Å². The van der Waals surface area contributed by atoms with E-state index in [1.54, 1.807) is 21.8 Å². The molecule has 0 bridgehead atoms. The Labute approximate surface area is 123 Å². The minimum Gasteiger partial charge on any atom is -0.299 e. The minimum atomic E-state index is -3.42. The zero-order valence-electron chi connectivity index (χ0n) is 11.3. The van der Waals surface area contributed by atoms with Crippen molar-refractivity contribution in [3.63, 3.8) is 0 Å². The number of rotatable bonds is 3. The minimum absolute atomic E-state index is 0.0824. The molecule has 1 aromatic rings. The summed E-state index contributed by atoms with van der Waals surface area (Å²) in [7, 11) is -3.42. The van der Waals surface area contributed by atoms with Crippen molar-refractivity contribution in [1.29, 1.82) is 0 Å². The van der Waals surface area contributed by atoms with Crippen molar-refractivity contribution in [2.75, 3.05) is 6.54 Å². The fourth-order valence-electron chi connectivity index (χ4n) is 3.41. The predicted molar refractivity (Wildman–Crippen MR) is 78.2 cm³/mol. The van der Waals surface area contributed by atoms with Crippen LogP contribution >= 0.6 is 11.3 Å². The Morgan fingerprint density at radius 1 is 1.20 bits per heavy atom. The molecule has 1 aromatic heterocycles. The molecule has 0 radical (unpaired) electrons. The number of hydrogen-bond acceptors (Lipinski definition) is 4. The molecule has 0 N–H and O–H groups in total. The highest BCUT2D eigenvalue weighted by molar-refractivity contribution is 7.91. The number of Topliss-reactive ketones (excluding diaryl/α,β-unsaturated/α-hetero) is 1. The molecule has 1 aliphatic heterocycles. The van der Waals surface area contributed by atoms with E-state index in [0.29, 0.717) is 17.2 Å². The van der Waals surface area contributed by atoms with Crippen LogP contribution in [0.3, 0.4) is 0 Å². The summed E-state index contributed by atoms with van der Waals surface area (Å²) < 4.78 is 27.3. The van der Waals surface area contributed by atoms with Gasteiger partial charge in [-0.25, -0.2) is 8.42 Å². The van der Waals surface area contributed by atoms with Gasteiger partial charge in [-0.15, -0.1) is 11.3 Å². The van der Waals surface area contributed by atoms with Crippen LogP contribution in [0.15, 0.2) is 21.7 Å². The highest BCUT2D eigenvalue weighted by atomic mass is 32.2. The van der Waals surface area contributed by atoms with E-state index in [9.17, 15) is 13.2 Å². The third-order valence-corrected chi connectivity index (χ3v) is 7.67. The molecular weight excluding hydrogens is 294 g/mol. The van der Waals surface area contributed by atoms with Crippen LogP contribution in [0.25, 0.3) is 0 Å². The smallest absolute Gasteiger partial charge is 0.252 e. The Bertz CT molecular complexity index is 580. The van der Waals surface area contributed by atoms with Gasteiger partial charge in [-0.05, 0) is 37.1 Å². The second-order valence-electron chi connectivity index (χ2n) is 5.58. The summed E-state index contributed by atoms with van der Waals surface area (Å²) in [5, 5.41) is 1.78. The second kappa shape index (κ2) is 5.58. The van der Waals surface area contributed by atoms with Crippen molar-refractivity contribution >= 4 is 27.1 Å². The molecule has 0 aromatic carbocycles. The first-order chi connectivity index (χ1) is 9.60. The SMILES string of the molecule is O=C1CCCCC1C1CCCN1S(=O)(=O)c1cccs1. The molecule has 2 fully saturated rings. The summed E-state index contributed by atoms with van der Waals surface area (Å²) in [5.74, 6) is 0.176. The zero-order valence-corrected chi connectivity index (χ0v) is 13.0. The highest BCUT2D eigenvalue weighted by Gasteiger charge is 2.42. The molecule has 0 amide bonds. The third-order valence-electron chi connectivity index (χ3n) is 4.37. The van der Waals surface area contributed by atoms with Crippen LogP contribution in [0.5, 0.6) is 0 Å². The van der Waals surface area contributed by atoms with E-state index in [1.165, 1.54) is 11.3 Å². The molecule has 2 atom stereocenters.